The smallest absolute Gasteiger partial charge is 0.0886 e. The summed E-state index contributed by atoms with van der Waals surface area (Å²) in [5.74, 6) is 0.682. The van der Waals surface area contributed by atoms with Gasteiger partial charge in [0.05, 0.1) is 6.67 Å². The van der Waals surface area contributed by atoms with E-state index >= 15 is 0 Å². The molecule has 0 saturated heterocycles. The van der Waals surface area contributed by atoms with Gasteiger partial charge in [-0.3, -0.25) is 10.3 Å². The van der Waals surface area contributed by atoms with Crippen LogP contribution in [-0.4, -0.2) is 18.9 Å². The Morgan fingerprint density at radius 1 is 1.75 bits per heavy atom. The van der Waals surface area contributed by atoms with Crippen molar-refractivity contribution in [1.82, 2.24) is 5.32 Å². The Hall–Kier alpha value is -0.370. The van der Waals surface area contributed by atoms with Crippen molar-refractivity contribution in [2.24, 2.45) is 10.9 Å². The van der Waals surface area contributed by atoms with E-state index in [4.69, 9.17) is 0 Å². The molecule has 1 unspecified atom stereocenters. The van der Waals surface area contributed by atoms with Crippen LogP contribution in [-0.2, 0) is 0 Å². The standard InChI is InChI=1S/C6H12N2/c1-5(2)6-3-7-4-8-6/h3,5-6,8H,4H2,1-2H3. The van der Waals surface area contributed by atoms with E-state index < -0.39 is 0 Å². The maximum Gasteiger partial charge on any atom is 0.0886 e. The van der Waals surface area contributed by atoms with Crippen molar-refractivity contribution in [2.75, 3.05) is 6.67 Å². The number of nitrogens with one attached hydrogen (secondary N) is 1. The summed E-state index contributed by atoms with van der Waals surface area (Å²) >= 11 is 0. The molecule has 46 valence electrons. The fraction of sp³-hybridized carbons (Fsp3) is 0.833. The van der Waals surface area contributed by atoms with Crippen LogP contribution >= 0.6 is 0 Å². The third-order valence-corrected chi connectivity index (χ3v) is 1.40. The van der Waals surface area contributed by atoms with Crippen LogP contribution in [0.4, 0.5) is 0 Å². The SMILES string of the molecule is CC(C)C1C=NCN1. The summed E-state index contributed by atoms with van der Waals surface area (Å²) in [6, 6.07) is 0.523. The second-order valence-electron chi connectivity index (χ2n) is 2.46. The zero-order chi connectivity index (χ0) is 5.98. The van der Waals surface area contributed by atoms with Gasteiger partial charge in [-0.05, 0) is 5.92 Å². The van der Waals surface area contributed by atoms with Crippen molar-refractivity contribution in [2.45, 2.75) is 19.9 Å². The molecule has 2 heteroatoms. The summed E-state index contributed by atoms with van der Waals surface area (Å²) in [5, 5.41) is 3.23. The van der Waals surface area contributed by atoms with Gasteiger partial charge in [0.2, 0.25) is 0 Å². The van der Waals surface area contributed by atoms with Crippen LogP contribution in [0.2, 0.25) is 0 Å². The number of nitrogens with zero attached hydrogens (tertiary/aromatic N) is 1. The fourth-order valence-electron chi connectivity index (χ4n) is 0.785. The summed E-state index contributed by atoms with van der Waals surface area (Å²) in [4.78, 5) is 4.05. The van der Waals surface area contributed by atoms with E-state index in [-0.39, 0.29) is 0 Å². The van der Waals surface area contributed by atoms with Gasteiger partial charge in [-0.25, -0.2) is 0 Å². The first kappa shape index (κ1) is 5.76. The monoisotopic (exact) mass is 112 g/mol. The average molecular weight is 112 g/mol. The molecule has 0 spiro atoms. The molecule has 0 fully saturated rings. The number of hydrogen-bond acceptors (Lipinski definition) is 2. The molecule has 1 N–H and O–H groups in total. The molecule has 1 atom stereocenters. The molecule has 1 aliphatic heterocycles. The first-order chi connectivity index (χ1) is 3.80. The summed E-state index contributed by atoms with van der Waals surface area (Å²) in [7, 11) is 0. The van der Waals surface area contributed by atoms with Gasteiger partial charge in [0.25, 0.3) is 0 Å². The van der Waals surface area contributed by atoms with E-state index in [1.807, 2.05) is 6.21 Å². The Labute approximate surface area is 50.0 Å². The zero-order valence-electron chi connectivity index (χ0n) is 5.39. The first-order valence-electron chi connectivity index (χ1n) is 3.04. The number of hydrogen-bond donors (Lipinski definition) is 1. The molecule has 2 nitrogen and oxygen atoms in total. The second kappa shape index (κ2) is 2.27. The summed E-state index contributed by atoms with van der Waals surface area (Å²) < 4.78 is 0. The molecule has 1 aliphatic rings. The minimum absolute atomic E-state index is 0.523. The molecular weight excluding hydrogens is 100 g/mol. The Kier molecular flexibility index (Phi) is 1.63. The predicted octanol–water partition coefficient (Wildman–Crippen LogP) is 0.643. The minimum atomic E-state index is 0.523. The highest BCUT2D eigenvalue weighted by Gasteiger charge is 2.11. The first-order valence-corrected chi connectivity index (χ1v) is 3.04. The molecule has 0 aliphatic carbocycles. The maximum atomic E-state index is 4.05. The summed E-state index contributed by atoms with van der Waals surface area (Å²) in [6.45, 7) is 5.19. The van der Waals surface area contributed by atoms with Crippen LogP contribution < -0.4 is 5.32 Å². The van der Waals surface area contributed by atoms with E-state index in [0.717, 1.165) is 6.67 Å². The van der Waals surface area contributed by atoms with Crippen molar-refractivity contribution < 1.29 is 0 Å². The fourth-order valence-corrected chi connectivity index (χ4v) is 0.785. The van der Waals surface area contributed by atoms with E-state index in [1.54, 1.807) is 0 Å². The Balaban J connectivity index is 2.36. The highest BCUT2D eigenvalue weighted by atomic mass is 15.1. The molecule has 0 bridgehead atoms. The molecule has 0 saturated carbocycles. The van der Waals surface area contributed by atoms with Crippen molar-refractivity contribution in [1.29, 1.82) is 0 Å². The van der Waals surface area contributed by atoms with Crippen molar-refractivity contribution in [3.05, 3.63) is 0 Å². The van der Waals surface area contributed by atoms with E-state index in [2.05, 4.69) is 24.2 Å². The third-order valence-electron chi connectivity index (χ3n) is 1.40. The molecule has 1 rings (SSSR count). The molecule has 0 aromatic rings. The van der Waals surface area contributed by atoms with E-state index in [0.29, 0.717) is 12.0 Å². The third kappa shape index (κ3) is 1.07. The number of rotatable bonds is 1. The van der Waals surface area contributed by atoms with Gasteiger partial charge in [0, 0.05) is 12.3 Å². The van der Waals surface area contributed by atoms with Gasteiger partial charge >= 0.3 is 0 Å². The van der Waals surface area contributed by atoms with Gasteiger partial charge in [-0.1, -0.05) is 13.8 Å². The normalized spacial score (nSPS) is 27.6. The topological polar surface area (TPSA) is 24.4 Å². The Morgan fingerprint density at radius 3 is 2.75 bits per heavy atom. The molecule has 8 heavy (non-hydrogen) atoms. The molecule has 0 radical (unpaired) electrons. The Bertz CT molecular complexity index is 96.7. The summed E-state index contributed by atoms with van der Waals surface area (Å²) in [5.41, 5.74) is 0. The van der Waals surface area contributed by atoms with Crippen LogP contribution in [0.5, 0.6) is 0 Å². The van der Waals surface area contributed by atoms with Gasteiger partial charge in [0.1, 0.15) is 0 Å². The van der Waals surface area contributed by atoms with Crippen LogP contribution in [0.25, 0.3) is 0 Å². The predicted molar refractivity (Wildman–Crippen MR) is 35.1 cm³/mol. The quantitative estimate of drug-likeness (QED) is 0.529. The molecule has 0 aromatic carbocycles. The van der Waals surface area contributed by atoms with Crippen LogP contribution in [0, 0.1) is 5.92 Å². The van der Waals surface area contributed by atoms with Gasteiger partial charge in [0.15, 0.2) is 0 Å². The molecule has 0 aromatic heterocycles. The highest BCUT2D eigenvalue weighted by Crippen LogP contribution is 2.01. The molecular formula is C6H12N2. The van der Waals surface area contributed by atoms with Crippen molar-refractivity contribution >= 4 is 6.21 Å². The molecule has 0 amide bonds. The lowest BCUT2D eigenvalue weighted by Gasteiger charge is -2.09. The average Bonchev–Trinajstić information content (AvgIpc) is 2.12. The van der Waals surface area contributed by atoms with E-state index in [1.165, 1.54) is 0 Å². The van der Waals surface area contributed by atoms with Crippen molar-refractivity contribution in [3.8, 4) is 0 Å². The Morgan fingerprint density at radius 2 is 2.50 bits per heavy atom. The molecule has 1 heterocycles. The highest BCUT2D eigenvalue weighted by molar-refractivity contribution is 5.66. The zero-order valence-corrected chi connectivity index (χ0v) is 5.39. The van der Waals surface area contributed by atoms with Crippen molar-refractivity contribution in [3.63, 3.8) is 0 Å². The lowest BCUT2D eigenvalue weighted by Crippen LogP contribution is -2.29. The second-order valence-corrected chi connectivity index (χ2v) is 2.46. The maximum absolute atomic E-state index is 4.05. The van der Waals surface area contributed by atoms with Crippen LogP contribution in [0.15, 0.2) is 4.99 Å². The number of aliphatic imine (C=N–C) groups is 1. The minimum Gasteiger partial charge on any atom is -0.290 e. The van der Waals surface area contributed by atoms with Gasteiger partial charge in [-0.2, -0.15) is 0 Å². The lowest BCUT2D eigenvalue weighted by atomic mass is 10.1. The largest absolute Gasteiger partial charge is 0.290 e. The summed E-state index contributed by atoms with van der Waals surface area (Å²) in [6.07, 6.45) is 1.99. The van der Waals surface area contributed by atoms with Gasteiger partial charge < -0.3 is 0 Å². The van der Waals surface area contributed by atoms with Crippen LogP contribution in [0.1, 0.15) is 13.8 Å². The lowest BCUT2D eigenvalue weighted by molar-refractivity contribution is 0.525. The van der Waals surface area contributed by atoms with Crippen LogP contribution in [0.3, 0.4) is 0 Å². The van der Waals surface area contributed by atoms with E-state index in [9.17, 15) is 0 Å². The van der Waals surface area contributed by atoms with Gasteiger partial charge in [-0.15, -0.1) is 0 Å².